The van der Waals surface area contributed by atoms with Crippen molar-refractivity contribution in [2.45, 2.75) is 26.1 Å². The third-order valence-corrected chi connectivity index (χ3v) is 6.40. The van der Waals surface area contributed by atoms with E-state index in [2.05, 4.69) is 40.6 Å². The molecule has 0 atom stereocenters. The molecule has 2 nitrogen and oxygen atoms in total. The minimum Gasteiger partial charge on any atom is -0.289 e. The monoisotopic (exact) mass is 362 g/mol. The van der Waals surface area contributed by atoms with Gasteiger partial charge in [0, 0.05) is 27.7 Å². The second-order valence-corrected chi connectivity index (χ2v) is 8.47. The molecule has 0 saturated carbocycles. The Bertz CT molecular complexity index is 1220. The van der Waals surface area contributed by atoms with Crippen molar-refractivity contribution in [2.75, 3.05) is 0 Å². The van der Waals surface area contributed by atoms with Gasteiger partial charge in [-0.1, -0.05) is 68.0 Å². The predicted molar refractivity (Wildman–Crippen MR) is 118 cm³/mol. The molecule has 2 aliphatic carbocycles. The zero-order valence-corrected chi connectivity index (χ0v) is 16.6. The van der Waals surface area contributed by atoms with E-state index in [0.29, 0.717) is 22.3 Å². The fourth-order valence-corrected chi connectivity index (χ4v) is 5.11. The summed E-state index contributed by atoms with van der Waals surface area (Å²) < 4.78 is 0. The second-order valence-electron chi connectivity index (χ2n) is 8.47. The topological polar surface area (TPSA) is 34.1 Å². The highest BCUT2D eigenvalue weighted by Gasteiger charge is 2.40. The first kappa shape index (κ1) is 17.2. The Morgan fingerprint density at radius 3 is 2.00 bits per heavy atom. The lowest BCUT2D eigenvalue weighted by molar-refractivity contribution is 0.0979. The van der Waals surface area contributed by atoms with Crippen LogP contribution in [0.2, 0.25) is 6.82 Å². The lowest BCUT2D eigenvalue weighted by Gasteiger charge is -2.26. The molecule has 3 aromatic rings. The number of benzene rings is 3. The van der Waals surface area contributed by atoms with Crippen LogP contribution in [0.3, 0.4) is 0 Å². The summed E-state index contributed by atoms with van der Waals surface area (Å²) in [7, 11) is 3.08. The van der Waals surface area contributed by atoms with Gasteiger partial charge in [-0.25, -0.2) is 0 Å². The number of hydrogen-bond donors (Lipinski definition) is 0. The fourth-order valence-electron chi connectivity index (χ4n) is 5.11. The van der Waals surface area contributed by atoms with E-state index in [1.165, 1.54) is 22.1 Å². The van der Waals surface area contributed by atoms with Crippen LogP contribution in [0, 0.1) is 0 Å². The van der Waals surface area contributed by atoms with Crippen molar-refractivity contribution in [3.63, 3.8) is 0 Å². The highest BCUT2D eigenvalue weighted by molar-refractivity contribution is 6.54. The first-order valence-corrected chi connectivity index (χ1v) is 9.86. The summed E-state index contributed by atoms with van der Waals surface area (Å²) in [5.41, 5.74) is 9.24. The molecule has 5 rings (SSSR count). The first-order chi connectivity index (χ1) is 13.3. The van der Waals surface area contributed by atoms with Crippen LogP contribution in [-0.2, 0) is 5.41 Å². The maximum Gasteiger partial charge on any atom is 0.194 e. The van der Waals surface area contributed by atoms with Crippen molar-refractivity contribution in [1.29, 1.82) is 0 Å². The van der Waals surface area contributed by atoms with Gasteiger partial charge < -0.3 is 0 Å². The predicted octanol–water partition coefficient (Wildman–Crippen LogP) is 2.14. The van der Waals surface area contributed by atoms with Crippen molar-refractivity contribution in [3.8, 4) is 11.1 Å². The Morgan fingerprint density at radius 1 is 0.786 bits per heavy atom. The molecule has 0 aromatic heterocycles. The van der Waals surface area contributed by atoms with Gasteiger partial charge >= 0.3 is 0 Å². The lowest BCUT2D eigenvalue weighted by atomic mass is 9.64. The summed E-state index contributed by atoms with van der Waals surface area (Å²) in [6.07, 6.45) is 0. The van der Waals surface area contributed by atoms with Gasteiger partial charge in [0.05, 0.1) is 0 Å². The van der Waals surface area contributed by atoms with Gasteiger partial charge in [0.25, 0.3) is 0 Å². The second kappa shape index (κ2) is 5.57. The first-order valence-electron chi connectivity index (χ1n) is 9.86. The maximum atomic E-state index is 13.2. The Morgan fingerprint density at radius 2 is 1.39 bits per heavy atom. The van der Waals surface area contributed by atoms with E-state index in [1.54, 1.807) is 12.1 Å². The number of carbonyl (C=O) groups excluding carboxylic acids is 2. The molecule has 3 aromatic carbocycles. The highest BCUT2D eigenvalue weighted by Crippen LogP contribution is 2.49. The molecular weight excluding hydrogens is 342 g/mol. The molecule has 0 aliphatic heterocycles. The molecule has 0 spiro atoms. The van der Waals surface area contributed by atoms with Gasteiger partial charge in [0.15, 0.2) is 18.8 Å². The van der Waals surface area contributed by atoms with Crippen molar-refractivity contribution < 1.29 is 9.59 Å². The fraction of sp³-hybridized carbons (Fsp3) is 0.167. The summed E-state index contributed by atoms with van der Waals surface area (Å²) in [6.45, 7) is 6.63. The van der Waals surface area contributed by atoms with Crippen LogP contribution in [0.15, 0.2) is 48.5 Å². The molecule has 0 unspecified atom stereocenters. The largest absolute Gasteiger partial charge is 0.289 e. The van der Waals surface area contributed by atoms with Crippen LogP contribution >= 0.6 is 0 Å². The van der Waals surface area contributed by atoms with E-state index < -0.39 is 0 Å². The van der Waals surface area contributed by atoms with Crippen molar-refractivity contribution >= 4 is 37.6 Å². The van der Waals surface area contributed by atoms with E-state index in [9.17, 15) is 9.59 Å². The van der Waals surface area contributed by atoms with E-state index in [-0.39, 0.29) is 17.0 Å². The number of ketones is 2. The van der Waals surface area contributed by atoms with Crippen molar-refractivity contribution in [2.24, 2.45) is 0 Å². The molecule has 28 heavy (non-hydrogen) atoms. The van der Waals surface area contributed by atoms with E-state index in [1.807, 2.05) is 24.3 Å². The molecule has 4 heteroatoms. The summed E-state index contributed by atoms with van der Waals surface area (Å²) in [5.74, 6) is -0.103. The zero-order chi connectivity index (χ0) is 19.8. The smallest absolute Gasteiger partial charge is 0.194 e. The molecular formula is C24H20B2O2. The van der Waals surface area contributed by atoms with Gasteiger partial charge in [0.1, 0.15) is 7.85 Å². The summed E-state index contributed by atoms with van der Waals surface area (Å²) in [6, 6.07) is 15.6. The van der Waals surface area contributed by atoms with Crippen LogP contribution < -0.4 is 10.9 Å². The van der Waals surface area contributed by atoms with Crippen LogP contribution in [-0.4, -0.2) is 26.7 Å². The number of rotatable bonds is 1. The van der Waals surface area contributed by atoms with Gasteiger partial charge in [0.2, 0.25) is 0 Å². The Balaban J connectivity index is 1.83. The quantitative estimate of drug-likeness (QED) is 0.487. The van der Waals surface area contributed by atoms with Crippen molar-refractivity contribution in [3.05, 3.63) is 81.9 Å². The standard InChI is InChI=1S/C24H20B2O2/c1-24(2)19-11-18-17(22(27)13-6-4-5-7-14(13)23(18)28)10-15(19)16-8-12(25)9-20(26-3)21(16)24/h4-11,26H,25H2,1-3H3. The summed E-state index contributed by atoms with van der Waals surface area (Å²) in [5, 5.41) is 0. The minimum absolute atomic E-state index is 0.0494. The van der Waals surface area contributed by atoms with Gasteiger partial charge in [-0.2, -0.15) is 0 Å². The Labute approximate surface area is 166 Å². The zero-order valence-electron chi connectivity index (χ0n) is 16.6. The molecule has 0 fully saturated rings. The van der Waals surface area contributed by atoms with E-state index in [4.69, 9.17) is 0 Å². The number of hydrogen-bond acceptors (Lipinski definition) is 2. The normalized spacial score (nSPS) is 15.5. The van der Waals surface area contributed by atoms with Gasteiger partial charge in [-0.15, -0.1) is 0 Å². The van der Waals surface area contributed by atoms with Gasteiger partial charge in [-0.05, 0) is 34.4 Å². The average Bonchev–Trinajstić information content (AvgIpc) is 2.91. The van der Waals surface area contributed by atoms with Crippen LogP contribution in [0.4, 0.5) is 0 Å². The molecule has 0 radical (unpaired) electrons. The van der Waals surface area contributed by atoms with E-state index in [0.717, 1.165) is 18.4 Å². The highest BCUT2D eigenvalue weighted by atomic mass is 16.1. The summed E-state index contributed by atoms with van der Waals surface area (Å²) in [4.78, 5) is 26.3. The number of carbonyl (C=O) groups is 2. The Hall–Kier alpha value is -2.87. The van der Waals surface area contributed by atoms with Crippen molar-refractivity contribution in [1.82, 2.24) is 0 Å². The van der Waals surface area contributed by atoms with Gasteiger partial charge in [-0.3, -0.25) is 9.59 Å². The molecule has 2 aliphatic rings. The lowest BCUT2D eigenvalue weighted by Crippen LogP contribution is -2.30. The molecule has 0 N–H and O–H groups in total. The third-order valence-electron chi connectivity index (χ3n) is 6.40. The Kier molecular flexibility index (Phi) is 3.43. The number of fused-ring (bicyclic) bond motifs is 5. The molecule has 0 bridgehead atoms. The maximum absolute atomic E-state index is 13.2. The third kappa shape index (κ3) is 2.06. The van der Waals surface area contributed by atoms with Crippen LogP contribution in [0.5, 0.6) is 0 Å². The van der Waals surface area contributed by atoms with Crippen LogP contribution in [0.25, 0.3) is 11.1 Å². The molecule has 134 valence electrons. The molecule has 0 saturated heterocycles. The minimum atomic E-state index is -0.195. The molecule has 0 amide bonds. The SMILES string of the molecule is Bc1cc(BC)c2c(c1)-c1cc3c(cc1C2(C)C)C(=O)c1ccccc1C3=O. The molecule has 0 heterocycles. The van der Waals surface area contributed by atoms with E-state index >= 15 is 0 Å². The summed E-state index contributed by atoms with van der Waals surface area (Å²) >= 11 is 0. The average molecular weight is 362 g/mol. The van der Waals surface area contributed by atoms with Crippen LogP contribution in [0.1, 0.15) is 56.8 Å².